The van der Waals surface area contributed by atoms with Crippen molar-refractivity contribution in [1.29, 1.82) is 0 Å². The Morgan fingerprint density at radius 1 is 0.772 bits per heavy atom. The van der Waals surface area contributed by atoms with E-state index in [1.54, 1.807) is 0 Å². The molecule has 57 heavy (non-hydrogen) atoms. The van der Waals surface area contributed by atoms with Gasteiger partial charge in [-0.3, -0.25) is 29.0 Å². The zero-order chi connectivity index (χ0) is 43.6. The summed E-state index contributed by atoms with van der Waals surface area (Å²) >= 11 is 0. The van der Waals surface area contributed by atoms with Crippen molar-refractivity contribution in [2.24, 2.45) is 28.7 Å². The van der Waals surface area contributed by atoms with Crippen LogP contribution in [0, 0.1) is 0 Å². The maximum absolute atomic E-state index is 13.3. The molecule has 1 aliphatic heterocycles. The molecule has 4 amide bonds. The first-order valence-electron chi connectivity index (χ1n) is 22.1. The largest absolute Gasteiger partial charge is 0.370 e. The molecule has 1 aliphatic rings. The molecular weight excluding hydrogens is 721 g/mol. The molecule has 0 saturated carbocycles. The van der Waals surface area contributed by atoms with Gasteiger partial charge in [0.05, 0.1) is 0 Å². The molecule has 0 aromatic rings. The third kappa shape index (κ3) is 20.4. The maximum atomic E-state index is 13.3. The zero-order valence-corrected chi connectivity index (χ0v) is 37.9. The van der Waals surface area contributed by atoms with Gasteiger partial charge in [-0.25, -0.2) is 0 Å². The lowest BCUT2D eigenvalue weighted by Crippen LogP contribution is -2.55. The molecule has 0 aliphatic carbocycles. The molecule has 4 unspecified atom stereocenters. The van der Waals surface area contributed by atoms with Crippen molar-refractivity contribution in [3.63, 3.8) is 0 Å². The molecule has 0 aromatic heterocycles. The molecule has 0 aromatic carbocycles. The fourth-order valence-corrected chi connectivity index (χ4v) is 8.34. The fraction of sp³-hybridized carbons (Fsp3) is 0.907. The molecule has 0 radical (unpaired) electrons. The Morgan fingerprint density at radius 2 is 1.35 bits per heavy atom. The Balaban J connectivity index is 3.31. The number of carbonyl (C=O) groups excluding carboxylic acids is 4. The Labute approximate surface area is 347 Å². The number of hydrogen-bond donors (Lipinski definition) is 8. The quantitative estimate of drug-likeness (QED) is 0.0792. The van der Waals surface area contributed by atoms with Crippen molar-refractivity contribution in [3.05, 3.63) is 0 Å². The van der Waals surface area contributed by atoms with Crippen molar-refractivity contribution < 1.29 is 19.2 Å². The van der Waals surface area contributed by atoms with Gasteiger partial charge in [-0.05, 0) is 112 Å². The first-order valence-corrected chi connectivity index (χ1v) is 22.1. The summed E-state index contributed by atoms with van der Waals surface area (Å²) in [7, 11) is 0. The number of primary amides is 1. The van der Waals surface area contributed by atoms with E-state index in [0.717, 1.165) is 57.8 Å². The van der Waals surface area contributed by atoms with Crippen LogP contribution in [0.25, 0.3) is 0 Å². The molecule has 14 nitrogen and oxygen atoms in total. The second-order valence-electron chi connectivity index (χ2n) is 19.1. The summed E-state index contributed by atoms with van der Waals surface area (Å²) in [6.07, 6.45) is 11.2. The molecule has 0 bridgehead atoms. The van der Waals surface area contributed by atoms with Gasteiger partial charge in [-0.1, -0.05) is 34.1 Å². The molecule has 334 valence electrons. The molecular formula is C43H88N10O4. The van der Waals surface area contributed by atoms with Crippen LogP contribution in [-0.2, 0) is 19.2 Å². The molecule has 13 N–H and O–H groups in total. The molecule has 14 heteroatoms. The van der Waals surface area contributed by atoms with Gasteiger partial charge in [0.25, 0.3) is 0 Å². The van der Waals surface area contributed by atoms with Crippen LogP contribution in [0.5, 0.6) is 0 Å². The number of rotatable bonds is 22. The molecule has 1 rings (SSSR count). The first-order chi connectivity index (χ1) is 26.4. The van der Waals surface area contributed by atoms with E-state index >= 15 is 0 Å². The highest BCUT2D eigenvalue weighted by Gasteiger charge is 2.40. The summed E-state index contributed by atoms with van der Waals surface area (Å²) in [6.45, 7) is 22.0. The van der Waals surface area contributed by atoms with Gasteiger partial charge in [-0.2, -0.15) is 0 Å². The Hall–Kier alpha value is -2.36. The maximum Gasteiger partial charge on any atom is 0.221 e. The van der Waals surface area contributed by atoms with Crippen LogP contribution in [0.4, 0.5) is 0 Å². The molecule has 1 saturated heterocycles. The minimum atomic E-state index is -0.606. The number of hydrogen-bond acceptors (Lipinski definition) is 10. The number of nitrogens with two attached hydrogens (primary N) is 5. The summed E-state index contributed by atoms with van der Waals surface area (Å²) < 4.78 is 0. The van der Waals surface area contributed by atoms with Gasteiger partial charge < -0.3 is 44.6 Å². The predicted molar refractivity (Wildman–Crippen MR) is 234 cm³/mol. The van der Waals surface area contributed by atoms with Crippen LogP contribution in [-0.4, -0.2) is 112 Å². The van der Waals surface area contributed by atoms with Crippen molar-refractivity contribution in [2.75, 3.05) is 45.8 Å². The van der Waals surface area contributed by atoms with Crippen LogP contribution in [0.2, 0.25) is 0 Å². The molecule has 1 heterocycles. The summed E-state index contributed by atoms with van der Waals surface area (Å²) in [5, 5.41) is 9.24. The average molecular weight is 809 g/mol. The van der Waals surface area contributed by atoms with Gasteiger partial charge >= 0.3 is 0 Å². The highest BCUT2D eigenvalue weighted by Crippen LogP contribution is 2.38. The minimum absolute atomic E-state index is 0.0301. The van der Waals surface area contributed by atoms with Gasteiger partial charge in [0.1, 0.15) is 0 Å². The summed E-state index contributed by atoms with van der Waals surface area (Å²) in [6, 6.07) is 0. The summed E-state index contributed by atoms with van der Waals surface area (Å²) in [4.78, 5) is 56.6. The normalized spacial score (nSPS) is 23.6. The van der Waals surface area contributed by atoms with Crippen LogP contribution in [0.15, 0.2) is 0 Å². The monoisotopic (exact) mass is 809 g/mol. The lowest BCUT2D eigenvalue weighted by molar-refractivity contribution is -0.124. The summed E-state index contributed by atoms with van der Waals surface area (Å²) in [5.41, 5.74) is 29.2. The van der Waals surface area contributed by atoms with Gasteiger partial charge in [0, 0.05) is 105 Å². The van der Waals surface area contributed by atoms with Crippen LogP contribution < -0.4 is 44.6 Å². The first kappa shape index (κ1) is 52.7. The standard InChI is InChI=1S/C43H88N10O4/c1-10-18-43(13-4,53(29-14-34(44)54)32-16-36(56)49-27-25-39(7,46)20-19-38(5,6)45)24-23-42(11-2,12-3)52-30-15-35(55)50-28-26-40(8,47)21-22-41(9,48)33-51-37(57)17-31-52/h10-33,45-48H2,1-9H3,(H2,44,54)(H,49,56)(H,50,55)(H,51,57). The number of nitrogens with one attached hydrogen (secondary N) is 3. The smallest absolute Gasteiger partial charge is 0.221 e. The number of carbonyl (C=O) groups is 4. The van der Waals surface area contributed by atoms with Gasteiger partial charge in [0.15, 0.2) is 0 Å². The highest BCUT2D eigenvalue weighted by molar-refractivity contribution is 5.77. The zero-order valence-electron chi connectivity index (χ0n) is 37.9. The lowest BCUT2D eigenvalue weighted by Gasteiger charge is -2.49. The summed E-state index contributed by atoms with van der Waals surface area (Å²) in [5.74, 6) is -0.514. The Kier molecular flexibility index (Phi) is 22.2. The van der Waals surface area contributed by atoms with Crippen molar-refractivity contribution in [2.45, 2.75) is 205 Å². The lowest BCUT2D eigenvalue weighted by atomic mass is 9.76. The topological polar surface area (TPSA) is 241 Å². The third-order valence-electron chi connectivity index (χ3n) is 12.9. The Morgan fingerprint density at radius 3 is 1.89 bits per heavy atom. The predicted octanol–water partition coefficient (Wildman–Crippen LogP) is 3.52. The van der Waals surface area contributed by atoms with E-state index in [2.05, 4.69) is 53.4 Å². The SMILES string of the molecule is CCCC(CC)(CCC(CC)(CC)N1CCC(=O)NCCC(C)(N)CCC(C)(N)CNC(=O)CC1)N(CCC(N)=O)CCC(=O)NCCC(C)(N)CCC(C)(C)N. The Bertz CT molecular complexity index is 1230. The van der Waals surface area contributed by atoms with Gasteiger partial charge in [-0.15, -0.1) is 0 Å². The minimum Gasteiger partial charge on any atom is -0.370 e. The highest BCUT2D eigenvalue weighted by atomic mass is 16.2. The fourth-order valence-electron chi connectivity index (χ4n) is 8.34. The van der Waals surface area contributed by atoms with Crippen LogP contribution in [0.1, 0.15) is 171 Å². The second kappa shape index (κ2) is 24.0. The molecule has 0 spiro atoms. The van der Waals surface area contributed by atoms with Crippen molar-refractivity contribution in [3.8, 4) is 0 Å². The van der Waals surface area contributed by atoms with E-state index in [4.69, 9.17) is 28.7 Å². The molecule has 1 fully saturated rings. The van der Waals surface area contributed by atoms with E-state index in [1.165, 1.54) is 0 Å². The van der Waals surface area contributed by atoms with Gasteiger partial charge in [0.2, 0.25) is 23.6 Å². The van der Waals surface area contributed by atoms with Crippen LogP contribution >= 0.6 is 0 Å². The average Bonchev–Trinajstić information content (AvgIpc) is 3.12. The van der Waals surface area contributed by atoms with Crippen molar-refractivity contribution >= 4 is 23.6 Å². The molecule has 4 atom stereocenters. The van der Waals surface area contributed by atoms with E-state index in [0.29, 0.717) is 77.9 Å². The van der Waals surface area contributed by atoms with E-state index in [-0.39, 0.29) is 59.5 Å². The van der Waals surface area contributed by atoms with Crippen molar-refractivity contribution in [1.82, 2.24) is 25.8 Å². The van der Waals surface area contributed by atoms with Crippen LogP contribution in [0.3, 0.4) is 0 Å². The third-order valence-corrected chi connectivity index (χ3v) is 12.9. The number of amides is 4. The van der Waals surface area contributed by atoms with E-state index < -0.39 is 16.6 Å². The second-order valence-corrected chi connectivity index (χ2v) is 19.1. The van der Waals surface area contributed by atoms with E-state index in [9.17, 15) is 19.2 Å². The number of nitrogens with zero attached hydrogens (tertiary/aromatic N) is 2. The van der Waals surface area contributed by atoms with E-state index in [1.807, 2.05) is 34.6 Å².